The number of fused-ring (bicyclic) bond motifs is 4. The number of nitrogens with zero attached hydrogens (tertiary/aromatic N) is 7. The van der Waals surface area contributed by atoms with Crippen LogP contribution < -0.4 is 11.5 Å². The van der Waals surface area contributed by atoms with Gasteiger partial charge >= 0.3 is 6.80 Å². The lowest BCUT2D eigenvalue weighted by atomic mass is 10.1. The standard InChI is InChI=1S/C35H42BF2N9O11P2S/c1-2-50-9-10-51-11-12-52-13-20-3-5-21(6-4-20)16-61-60(49)54-15-24-29(25(37)34(56-24)47-19-45-28-31(40)42-17-43-33(28)47)57-59(36,48)53-14-23-30(58-60)26(38)35(55-23)46-18-44-27-22(39)7-8-41-32(27)46/h3-8,17-19,23-26,29-30,34-35H,2,9-16H2,1H3,(H2,39,41)(H2,40,42,43)/t23-,24-,25-,26-,29-,30-,34-,35-,59+,60-/m1/s1. The van der Waals surface area contributed by atoms with E-state index in [1.54, 1.807) is 0 Å². The lowest BCUT2D eigenvalue weighted by Gasteiger charge is -2.30. The Bertz CT molecular complexity index is 2390. The summed E-state index contributed by atoms with van der Waals surface area (Å²) in [6.45, 7) is -1.13. The van der Waals surface area contributed by atoms with Crippen molar-refractivity contribution in [3.05, 3.63) is 66.6 Å². The molecule has 2 radical (unpaired) electrons. The van der Waals surface area contributed by atoms with Gasteiger partial charge in [0.1, 0.15) is 41.8 Å². The third kappa shape index (κ3) is 9.80. The van der Waals surface area contributed by atoms with E-state index >= 15 is 8.78 Å². The molecule has 3 fully saturated rings. The number of hydrogen-bond acceptors (Lipinski definition) is 19. The zero-order valence-corrected chi connectivity index (χ0v) is 35.2. The van der Waals surface area contributed by atoms with Crippen molar-refractivity contribution < 1.29 is 59.7 Å². The number of nitrogens with two attached hydrogens (primary N) is 2. The first-order valence-electron chi connectivity index (χ1n) is 19.1. The molecule has 326 valence electrons. The first-order valence-corrected chi connectivity index (χ1v) is 23.9. The number of imidazole rings is 2. The van der Waals surface area contributed by atoms with Gasteiger partial charge in [0.2, 0.25) is 7.57 Å². The molecule has 5 aromatic rings. The molecule has 3 aliphatic heterocycles. The Kier molecular flexibility index (Phi) is 13.7. The summed E-state index contributed by atoms with van der Waals surface area (Å²) in [7, 11) is 1.36. The lowest BCUT2D eigenvalue weighted by molar-refractivity contribution is -0.0546. The Labute approximate surface area is 352 Å². The summed E-state index contributed by atoms with van der Waals surface area (Å²) in [5.74, 6) is 0.107. The quantitative estimate of drug-likeness (QED) is 0.0878. The molecule has 1 aromatic carbocycles. The van der Waals surface area contributed by atoms with Gasteiger partial charge in [-0.2, -0.15) is 0 Å². The van der Waals surface area contributed by atoms with Crippen molar-refractivity contribution in [3.63, 3.8) is 0 Å². The van der Waals surface area contributed by atoms with E-state index in [9.17, 15) is 9.13 Å². The van der Waals surface area contributed by atoms with Crippen LogP contribution in [0.2, 0.25) is 0 Å². The molecule has 4 aromatic heterocycles. The van der Waals surface area contributed by atoms with Crippen LogP contribution in [0.3, 0.4) is 0 Å². The van der Waals surface area contributed by atoms with E-state index in [1.807, 2.05) is 31.2 Å². The topological polar surface area (TPSA) is 244 Å². The summed E-state index contributed by atoms with van der Waals surface area (Å²) in [4.78, 5) is 20.8. The van der Waals surface area contributed by atoms with Gasteiger partial charge in [-0.3, -0.25) is 22.7 Å². The summed E-state index contributed by atoms with van der Waals surface area (Å²) in [6, 6.07) is 8.85. The highest BCUT2D eigenvalue weighted by molar-refractivity contribution is 8.54. The molecule has 0 bridgehead atoms. The number of alkyl halides is 2. The zero-order valence-electron chi connectivity index (χ0n) is 32.6. The van der Waals surface area contributed by atoms with Gasteiger partial charge < -0.3 is 44.2 Å². The van der Waals surface area contributed by atoms with E-state index in [0.717, 1.165) is 16.9 Å². The van der Waals surface area contributed by atoms with E-state index in [1.165, 1.54) is 40.4 Å². The van der Waals surface area contributed by atoms with Crippen molar-refractivity contribution in [2.24, 2.45) is 0 Å². The van der Waals surface area contributed by atoms with Crippen LogP contribution in [0.5, 0.6) is 0 Å². The molecule has 10 atom stereocenters. The maximum atomic E-state index is 16.8. The second-order valence-electron chi connectivity index (χ2n) is 14.0. The number of pyridine rings is 1. The van der Waals surface area contributed by atoms with Gasteiger partial charge in [-0.15, -0.1) is 0 Å². The fourth-order valence-corrected chi connectivity index (χ4v) is 11.3. The normalized spacial score (nSPS) is 30.9. The minimum Gasteiger partial charge on any atom is -0.397 e. The number of nitrogen functional groups attached to an aromatic ring is 2. The third-order valence-electron chi connectivity index (χ3n) is 9.93. The van der Waals surface area contributed by atoms with Crippen LogP contribution in [0.4, 0.5) is 20.3 Å². The minimum atomic E-state index is -4.65. The highest BCUT2D eigenvalue weighted by Gasteiger charge is 2.54. The van der Waals surface area contributed by atoms with Crippen molar-refractivity contribution in [2.75, 3.05) is 57.7 Å². The first kappa shape index (κ1) is 44.0. The number of rotatable bonds is 14. The number of hydrogen-bond donors (Lipinski definition) is 2. The number of halogens is 2. The van der Waals surface area contributed by atoms with Gasteiger partial charge in [-0.1, -0.05) is 24.3 Å². The largest absolute Gasteiger partial charge is 0.397 e. The highest BCUT2D eigenvalue weighted by Crippen LogP contribution is 2.65. The van der Waals surface area contributed by atoms with Gasteiger partial charge in [0.05, 0.1) is 64.6 Å². The number of ether oxygens (including phenoxy) is 5. The van der Waals surface area contributed by atoms with Crippen molar-refractivity contribution in [1.82, 2.24) is 34.1 Å². The molecule has 0 aliphatic carbocycles. The van der Waals surface area contributed by atoms with Crippen molar-refractivity contribution in [2.45, 2.75) is 68.5 Å². The maximum Gasteiger partial charge on any atom is 0.389 e. The Balaban J connectivity index is 1.03. The van der Waals surface area contributed by atoms with Crippen molar-refractivity contribution in [1.29, 1.82) is 0 Å². The Morgan fingerprint density at radius 1 is 0.787 bits per heavy atom. The summed E-state index contributed by atoms with van der Waals surface area (Å²) in [5.41, 5.74) is 14.7. The molecule has 0 amide bonds. The van der Waals surface area contributed by atoms with Gasteiger partial charge in [0.25, 0.3) is 7.47 Å². The van der Waals surface area contributed by atoms with Crippen LogP contribution in [0.1, 0.15) is 30.5 Å². The monoisotopic (exact) mass is 907 g/mol. The molecule has 3 saturated heterocycles. The molecule has 26 heteroatoms. The first-order chi connectivity index (χ1) is 29.4. The van der Waals surface area contributed by atoms with E-state index in [0.29, 0.717) is 45.2 Å². The molecule has 4 N–H and O–H groups in total. The van der Waals surface area contributed by atoms with E-state index in [4.69, 9.17) is 60.8 Å². The molecular weight excluding hydrogens is 865 g/mol. The molecule has 0 saturated carbocycles. The zero-order chi connectivity index (χ0) is 42.7. The van der Waals surface area contributed by atoms with Gasteiger partial charge in [0.15, 0.2) is 41.9 Å². The van der Waals surface area contributed by atoms with Crippen LogP contribution in [0, 0.1) is 0 Å². The fourth-order valence-electron chi connectivity index (χ4n) is 6.90. The molecular formula is C35H42BF2N9O11P2S. The smallest absolute Gasteiger partial charge is 0.389 e. The predicted octanol–water partition coefficient (Wildman–Crippen LogP) is 4.61. The molecule has 61 heavy (non-hydrogen) atoms. The van der Waals surface area contributed by atoms with Crippen LogP contribution >= 0.6 is 25.7 Å². The summed E-state index contributed by atoms with van der Waals surface area (Å²) in [5, 5.41) is 0. The Morgan fingerprint density at radius 3 is 2.10 bits per heavy atom. The minimum absolute atomic E-state index is 0.0406. The third-order valence-corrected chi connectivity index (χ3v) is 14.6. The molecule has 0 spiro atoms. The molecule has 20 nitrogen and oxygen atoms in total. The van der Waals surface area contributed by atoms with Crippen LogP contribution in [0.25, 0.3) is 22.3 Å². The van der Waals surface area contributed by atoms with E-state index in [2.05, 4.69) is 24.9 Å². The highest BCUT2D eigenvalue weighted by atomic mass is 32.7. The SMILES string of the molecule is [B][P@]1(=O)OC[C@H]2O[C@@H](n3cnc4c(N)ccnc43)[C@H](F)[C@@H]2O[P@](=O)(SCc2ccc(COCCOCCOCC)cc2)OC[C@H]2O[C@@H](n3cnc4c(N)ncnc43)[C@H](F)[C@@H]2O1. The molecule has 3 aliphatic rings. The van der Waals surface area contributed by atoms with Gasteiger partial charge in [-0.05, 0) is 35.5 Å². The van der Waals surface area contributed by atoms with Crippen LogP contribution in [0.15, 0.2) is 55.5 Å². The number of anilines is 2. The van der Waals surface area contributed by atoms with Crippen LogP contribution in [-0.4, -0.2) is 125 Å². The average molecular weight is 908 g/mol. The average Bonchev–Trinajstić information content (AvgIpc) is 4.02. The molecule has 7 heterocycles. The van der Waals surface area contributed by atoms with Crippen molar-refractivity contribution in [3.8, 4) is 0 Å². The number of aromatic nitrogens is 7. The van der Waals surface area contributed by atoms with E-state index in [-0.39, 0.29) is 39.6 Å². The lowest BCUT2D eigenvalue weighted by Crippen LogP contribution is -2.37. The Morgan fingerprint density at radius 2 is 1.39 bits per heavy atom. The second kappa shape index (κ2) is 19.0. The molecule has 0 unspecified atom stereocenters. The summed E-state index contributed by atoms with van der Waals surface area (Å²) >= 11 is 0.759. The predicted molar refractivity (Wildman–Crippen MR) is 217 cm³/mol. The maximum absolute atomic E-state index is 16.8. The number of benzene rings is 1. The Hall–Kier alpha value is -3.64. The van der Waals surface area contributed by atoms with Gasteiger partial charge in [-0.25, -0.2) is 38.3 Å². The molecule has 8 rings (SSSR count). The summed E-state index contributed by atoms with van der Waals surface area (Å²) < 4.78 is 116. The summed E-state index contributed by atoms with van der Waals surface area (Å²) in [6.07, 6.45) is -8.16. The van der Waals surface area contributed by atoms with Crippen molar-refractivity contribution >= 4 is 67.1 Å². The van der Waals surface area contributed by atoms with Crippen LogP contribution in [-0.2, 0) is 63.3 Å². The van der Waals surface area contributed by atoms with Gasteiger partial charge in [0, 0.05) is 18.6 Å². The fraction of sp³-hybridized carbons (Fsp3) is 0.514. The van der Waals surface area contributed by atoms with E-state index < -0.39 is 76.7 Å². The second-order valence-corrected chi connectivity index (χ2v) is 19.6.